The Morgan fingerprint density at radius 1 is 1.12 bits per heavy atom. The van der Waals surface area contributed by atoms with Crippen LogP contribution in [-0.4, -0.2) is 31.1 Å². The summed E-state index contributed by atoms with van der Waals surface area (Å²) in [5, 5.41) is 10.5. The molecule has 0 radical (unpaired) electrons. The summed E-state index contributed by atoms with van der Waals surface area (Å²) < 4.78 is 10.5. The highest BCUT2D eigenvalue weighted by atomic mass is 16.5. The minimum atomic E-state index is -0.964. The van der Waals surface area contributed by atoms with E-state index < -0.39 is 5.92 Å². The summed E-state index contributed by atoms with van der Waals surface area (Å²) in [6.45, 7) is 0.849. The predicted molar refractivity (Wildman–Crippen MR) is 98.2 cm³/mol. The van der Waals surface area contributed by atoms with Crippen LogP contribution in [0.15, 0.2) is 60.7 Å². The van der Waals surface area contributed by atoms with E-state index in [-0.39, 0.29) is 5.78 Å². The van der Waals surface area contributed by atoms with Crippen LogP contribution in [0.1, 0.15) is 22.0 Å². The summed E-state index contributed by atoms with van der Waals surface area (Å²) in [6, 6.07) is 20.1. The monoisotopic (exact) mass is 346 g/mol. The number of fused-ring (bicyclic) bond motifs is 1. The van der Waals surface area contributed by atoms with E-state index in [4.69, 9.17) is 9.47 Å². The van der Waals surface area contributed by atoms with Gasteiger partial charge in [0.1, 0.15) is 12.4 Å². The van der Waals surface area contributed by atoms with Gasteiger partial charge in [0.25, 0.3) is 0 Å². The maximum Gasteiger partial charge on any atom is 0.186 e. The summed E-state index contributed by atoms with van der Waals surface area (Å²) in [4.78, 5) is 17.3. The van der Waals surface area contributed by atoms with Crippen LogP contribution in [0, 0.1) is 11.3 Å². The molecule has 0 amide bonds. The maximum atomic E-state index is 12.9. The molecule has 2 aromatic carbocycles. The standard InChI is InChI=1S/C21H18N2O3/c1-25-11-12-26-17-7-4-6-16(13-17)21(24)18(14-22)20-10-9-15-5-2-3-8-19(15)23-20/h2-10,13,18H,11-12H2,1H3/t18-/m1/s1. The molecule has 0 unspecified atom stereocenters. The molecule has 1 heterocycles. The van der Waals surface area contributed by atoms with Crippen LogP contribution in [0.4, 0.5) is 0 Å². The number of para-hydroxylation sites is 1. The molecule has 0 fully saturated rings. The number of benzene rings is 2. The Bertz CT molecular complexity index is 963. The van der Waals surface area contributed by atoms with Crippen molar-refractivity contribution in [3.8, 4) is 11.8 Å². The van der Waals surface area contributed by atoms with Crippen LogP contribution in [0.5, 0.6) is 5.75 Å². The number of ketones is 1. The summed E-state index contributed by atoms with van der Waals surface area (Å²) >= 11 is 0. The summed E-state index contributed by atoms with van der Waals surface area (Å²) in [6.07, 6.45) is 0. The Morgan fingerprint density at radius 3 is 2.77 bits per heavy atom. The van der Waals surface area contributed by atoms with Crippen molar-refractivity contribution in [2.45, 2.75) is 5.92 Å². The second-order valence-corrected chi connectivity index (χ2v) is 5.72. The molecule has 3 aromatic rings. The zero-order chi connectivity index (χ0) is 18.4. The quantitative estimate of drug-likeness (QED) is 0.481. The molecule has 130 valence electrons. The molecule has 1 atom stereocenters. The fourth-order valence-electron chi connectivity index (χ4n) is 2.65. The molecular formula is C21H18N2O3. The van der Waals surface area contributed by atoms with Gasteiger partial charge in [-0.05, 0) is 24.3 Å². The third-order valence-electron chi connectivity index (χ3n) is 3.98. The number of nitrogens with zero attached hydrogens (tertiary/aromatic N) is 2. The smallest absolute Gasteiger partial charge is 0.186 e. The average Bonchev–Trinajstić information content (AvgIpc) is 2.69. The van der Waals surface area contributed by atoms with E-state index in [1.54, 1.807) is 37.4 Å². The molecule has 5 nitrogen and oxygen atoms in total. The largest absolute Gasteiger partial charge is 0.491 e. The first-order chi connectivity index (χ1) is 12.7. The minimum Gasteiger partial charge on any atom is -0.491 e. The number of aromatic nitrogens is 1. The number of pyridine rings is 1. The summed E-state index contributed by atoms with van der Waals surface area (Å²) in [5.74, 6) is -0.697. The van der Waals surface area contributed by atoms with Gasteiger partial charge < -0.3 is 9.47 Å². The molecule has 0 spiro atoms. The fourth-order valence-corrected chi connectivity index (χ4v) is 2.65. The zero-order valence-corrected chi connectivity index (χ0v) is 14.4. The lowest BCUT2D eigenvalue weighted by Crippen LogP contribution is -2.13. The van der Waals surface area contributed by atoms with Crippen molar-refractivity contribution in [2.24, 2.45) is 0 Å². The first-order valence-corrected chi connectivity index (χ1v) is 8.24. The molecule has 0 bridgehead atoms. The number of hydrogen-bond acceptors (Lipinski definition) is 5. The second-order valence-electron chi connectivity index (χ2n) is 5.72. The minimum absolute atomic E-state index is 0.299. The maximum absolute atomic E-state index is 12.9. The fraction of sp³-hybridized carbons (Fsp3) is 0.190. The highest BCUT2D eigenvalue weighted by Gasteiger charge is 2.23. The number of ether oxygens (including phenoxy) is 2. The molecule has 0 aliphatic heterocycles. The van der Waals surface area contributed by atoms with Crippen LogP contribution in [0.25, 0.3) is 10.9 Å². The SMILES string of the molecule is COCCOc1cccc(C(=O)[C@H](C#N)c2ccc3ccccc3n2)c1. The number of Topliss-reactive ketones (excluding diaryl/α,β-unsaturated/α-hetero) is 1. The van der Waals surface area contributed by atoms with Crippen LogP contribution >= 0.6 is 0 Å². The third kappa shape index (κ3) is 3.88. The third-order valence-corrected chi connectivity index (χ3v) is 3.98. The van der Waals surface area contributed by atoms with Gasteiger partial charge in [0.2, 0.25) is 0 Å². The normalized spacial score (nSPS) is 11.7. The van der Waals surface area contributed by atoms with Crippen molar-refractivity contribution in [1.29, 1.82) is 5.26 Å². The lowest BCUT2D eigenvalue weighted by atomic mass is 9.95. The Balaban J connectivity index is 1.86. The number of carbonyl (C=O) groups is 1. The number of hydrogen-bond donors (Lipinski definition) is 0. The Labute approximate surface area is 151 Å². The van der Waals surface area contributed by atoms with Crippen LogP contribution in [0.3, 0.4) is 0 Å². The molecule has 3 rings (SSSR count). The average molecular weight is 346 g/mol. The van der Waals surface area contributed by atoms with Gasteiger partial charge in [0.15, 0.2) is 11.7 Å². The predicted octanol–water partition coefficient (Wildman–Crippen LogP) is 3.75. The molecule has 0 aliphatic rings. The van der Waals surface area contributed by atoms with E-state index >= 15 is 0 Å². The molecule has 1 aromatic heterocycles. The van der Waals surface area contributed by atoms with E-state index in [0.29, 0.717) is 30.2 Å². The van der Waals surface area contributed by atoms with Crippen molar-refractivity contribution in [2.75, 3.05) is 20.3 Å². The van der Waals surface area contributed by atoms with Crippen molar-refractivity contribution in [1.82, 2.24) is 4.98 Å². The van der Waals surface area contributed by atoms with Gasteiger partial charge in [-0.1, -0.05) is 36.4 Å². The Hall–Kier alpha value is -3.23. The van der Waals surface area contributed by atoms with Gasteiger partial charge in [0, 0.05) is 18.1 Å². The van der Waals surface area contributed by atoms with E-state index in [2.05, 4.69) is 11.1 Å². The lowest BCUT2D eigenvalue weighted by Gasteiger charge is -2.11. The Morgan fingerprint density at radius 2 is 1.96 bits per heavy atom. The van der Waals surface area contributed by atoms with Gasteiger partial charge in [-0.3, -0.25) is 9.78 Å². The topological polar surface area (TPSA) is 72.2 Å². The van der Waals surface area contributed by atoms with Gasteiger partial charge in [-0.15, -0.1) is 0 Å². The van der Waals surface area contributed by atoms with Crippen molar-refractivity contribution < 1.29 is 14.3 Å². The molecule has 26 heavy (non-hydrogen) atoms. The van der Waals surface area contributed by atoms with Crippen molar-refractivity contribution in [3.63, 3.8) is 0 Å². The Kier molecular flexibility index (Phi) is 5.57. The zero-order valence-electron chi connectivity index (χ0n) is 14.4. The van der Waals surface area contributed by atoms with Gasteiger partial charge in [-0.25, -0.2) is 0 Å². The number of carbonyl (C=O) groups excluding carboxylic acids is 1. The number of nitriles is 1. The molecule has 0 aliphatic carbocycles. The molecular weight excluding hydrogens is 328 g/mol. The first kappa shape index (κ1) is 17.6. The molecule has 5 heteroatoms. The van der Waals surface area contributed by atoms with E-state index in [9.17, 15) is 10.1 Å². The lowest BCUT2D eigenvalue weighted by molar-refractivity contribution is 0.0977. The molecule has 0 saturated carbocycles. The highest BCUT2D eigenvalue weighted by Crippen LogP contribution is 2.23. The summed E-state index contributed by atoms with van der Waals surface area (Å²) in [5.41, 5.74) is 1.62. The van der Waals surface area contributed by atoms with Crippen molar-refractivity contribution >= 4 is 16.7 Å². The van der Waals surface area contributed by atoms with Gasteiger partial charge in [-0.2, -0.15) is 5.26 Å². The van der Waals surface area contributed by atoms with Gasteiger partial charge in [0.05, 0.1) is 23.9 Å². The second kappa shape index (κ2) is 8.24. The van der Waals surface area contributed by atoms with E-state index in [1.807, 2.05) is 30.3 Å². The summed E-state index contributed by atoms with van der Waals surface area (Å²) in [7, 11) is 1.59. The van der Waals surface area contributed by atoms with Crippen LogP contribution < -0.4 is 4.74 Å². The van der Waals surface area contributed by atoms with E-state index in [1.165, 1.54) is 0 Å². The first-order valence-electron chi connectivity index (χ1n) is 8.24. The molecule has 0 N–H and O–H groups in total. The highest BCUT2D eigenvalue weighted by molar-refractivity contribution is 6.03. The van der Waals surface area contributed by atoms with Crippen molar-refractivity contribution in [3.05, 3.63) is 71.9 Å². The number of methoxy groups -OCH3 is 1. The van der Waals surface area contributed by atoms with Gasteiger partial charge >= 0.3 is 0 Å². The molecule has 0 saturated heterocycles. The van der Waals surface area contributed by atoms with E-state index in [0.717, 1.165) is 10.9 Å². The van der Waals surface area contributed by atoms with Crippen LogP contribution in [0.2, 0.25) is 0 Å². The number of rotatable bonds is 7. The van der Waals surface area contributed by atoms with Crippen LogP contribution in [-0.2, 0) is 4.74 Å².